The van der Waals surface area contributed by atoms with Gasteiger partial charge in [0.15, 0.2) is 0 Å². The fourth-order valence-electron chi connectivity index (χ4n) is 2.06. The van der Waals surface area contributed by atoms with Gasteiger partial charge in [-0.1, -0.05) is 30.7 Å². The predicted molar refractivity (Wildman–Crippen MR) is 97.5 cm³/mol. The number of carbonyl (C=O) groups is 2. The summed E-state index contributed by atoms with van der Waals surface area (Å²) in [5, 5.41) is 2.39. The van der Waals surface area contributed by atoms with Gasteiger partial charge in [0.05, 0.1) is 17.1 Å². The molecule has 138 valence electrons. The molecule has 0 aliphatic carbocycles. The molecule has 0 saturated heterocycles. The van der Waals surface area contributed by atoms with E-state index in [1.165, 1.54) is 24.3 Å². The summed E-state index contributed by atoms with van der Waals surface area (Å²) in [4.78, 5) is 23.8. The number of urea groups is 1. The Labute approximate surface area is 152 Å². The number of rotatable bonds is 6. The molecule has 8 heteroatoms. The van der Waals surface area contributed by atoms with Crippen LogP contribution in [0.2, 0.25) is 0 Å². The van der Waals surface area contributed by atoms with Crippen molar-refractivity contribution in [1.82, 2.24) is 4.72 Å². The van der Waals surface area contributed by atoms with Gasteiger partial charge in [0.25, 0.3) is 10.0 Å². The van der Waals surface area contributed by atoms with Crippen molar-refractivity contribution in [3.63, 3.8) is 0 Å². The highest BCUT2D eigenvalue weighted by Gasteiger charge is 2.17. The van der Waals surface area contributed by atoms with Crippen molar-refractivity contribution in [3.8, 4) is 0 Å². The van der Waals surface area contributed by atoms with Gasteiger partial charge < -0.3 is 10.1 Å². The highest BCUT2D eigenvalue weighted by Crippen LogP contribution is 2.13. The molecule has 7 nitrogen and oxygen atoms in total. The molecule has 0 saturated carbocycles. The molecule has 2 aromatic rings. The molecule has 0 atom stereocenters. The molecule has 0 radical (unpaired) electrons. The normalized spacial score (nSPS) is 10.8. The third kappa shape index (κ3) is 5.32. The van der Waals surface area contributed by atoms with Gasteiger partial charge in [-0.3, -0.25) is 0 Å². The molecule has 0 fully saturated rings. The largest absolute Gasteiger partial charge is 0.462 e. The van der Waals surface area contributed by atoms with Crippen LogP contribution in [0.15, 0.2) is 53.4 Å². The topological polar surface area (TPSA) is 102 Å². The molecule has 26 heavy (non-hydrogen) atoms. The van der Waals surface area contributed by atoms with Gasteiger partial charge in [-0.25, -0.2) is 22.7 Å². The molecule has 0 heterocycles. The summed E-state index contributed by atoms with van der Waals surface area (Å²) in [6.07, 6.45) is 0.697. The molecule has 2 amide bonds. The molecule has 2 N–H and O–H groups in total. The lowest BCUT2D eigenvalue weighted by atomic mass is 10.2. The Bertz CT molecular complexity index is 892. The van der Waals surface area contributed by atoms with Gasteiger partial charge in [0, 0.05) is 5.69 Å². The second-order valence-corrected chi connectivity index (χ2v) is 7.27. The zero-order valence-electron chi connectivity index (χ0n) is 14.5. The van der Waals surface area contributed by atoms with Crippen LogP contribution in [0.5, 0.6) is 0 Å². The lowest BCUT2D eigenvalue weighted by molar-refractivity contribution is 0.0505. The van der Waals surface area contributed by atoms with E-state index in [1.807, 2.05) is 18.6 Å². The maximum absolute atomic E-state index is 12.2. The number of benzene rings is 2. The smallest absolute Gasteiger partial charge is 0.338 e. The summed E-state index contributed by atoms with van der Waals surface area (Å²) >= 11 is 0. The second-order valence-electron chi connectivity index (χ2n) is 5.59. The van der Waals surface area contributed by atoms with Gasteiger partial charge in [-0.15, -0.1) is 0 Å². The van der Waals surface area contributed by atoms with E-state index < -0.39 is 22.0 Å². The molecule has 2 aromatic carbocycles. The molecular weight excluding hydrogens is 356 g/mol. The average Bonchev–Trinajstić information content (AvgIpc) is 2.59. The second kappa shape index (κ2) is 8.48. The van der Waals surface area contributed by atoms with Crippen LogP contribution in [-0.4, -0.2) is 27.0 Å². The van der Waals surface area contributed by atoms with Crippen molar-refractivity contribution in [2.75, 3.05) is 11.9 Å². The van der Waals surface area contributed by atoms with Crippen molar-refractivity contribution in [1.29, 1.82) is 0 Å². The van der Waals surface area contributed by atoms with Crippen LogP contribution in [-0.2, 0) is 14.8 Å². The van der Waals surface area contributed by atoms with Crippen molar-refractivity contribution in [2.24, 2.45) is 0 Å². The van der Waals surface area contributed by atoms with E-state index in [-0.39, 0.29) is 16.1 Å². The fourth-order valence-corrected chi connectivity index (χ4v) is 2.96. The molecule has 0 spiro atoms. The molecule has 0 aliphatic heterocycles. The molecule has 2 rings (SSSR count). The quantitative estimate of drug-likeness (QED) is 0.755. The summed E-state index contributed by atoms with van der Waals surface area (Å²) in [5.74, 6) is -0.511. The molecule has 0 unspecified atom stereocenters. The number of esters is 1. The zero-order chi connectivity index (χ0) is 19.2. The summed E-state index contributed by atoms with van der Waals surface area (Å²) < 4.78 is 31.3. The molecular formula is C18H20N2O5S. The highest BCUT2D eigenvalue weighted by molar-refractivity contribution is 7.90. The van der Waals surface area contributed by atoms with E-state index in [0.29, 0.717) is 13.0 Å². The lowest BCUT2D eigenvalue weighted by Crippen LogP contribution is -2.34. The number of hydrogen-bond acceptors (Lipinski definition) is 5. The minimum absolute atomic E-state index is 0.0184. The third-order valence-corrected chi connectivity index (χ3v) is 4.70. The maximum atomic E-state index is 12.2. The van der Waals surface area contributed by atoms with Crippen LogP contribution in [0.4, 0.5) is 10.5 Å². The van der Waals surface area contributed by atoms with E-state index in [4.69, 9.17) is 4.74 Å². The number of hydrogen-bond donors (Lipinski definition) is 2. The molecule has 0 bridgehead atoms. The number of sulfonamides is 1. The number of nitrogens with one attached hydrogen (secondary N) is 2. The molecule has 0 aliphatic rings. The van der Waals surface area contributed by atoms with Crippen LogP contribution in [0.1, 0.15) is 29.3 Å². The summed E-state index contributed by atoms with van der Waals surface area (Å²) in [6, 6.07) is 11.2. The van der Waals surface area contributed by atoms with Crippen molar-refractivity contribution in [2.45, 2.75) is 25.2 Å². The maximum Gasteiger partial charge on any atom is 0.338 e. The first-order chi connectivity index (χ1) is 12.3. The van der Waals surface area contributed by atoms with E-state index in [9.17, 15) is 18.0 Å². The van der Waals surface area contributed by atoms with Crippen LogP contribution >= 0.6 is 0 Å². The SMILES string of the molecule is CCCOC(=O)c1cccc(NC(=O)NS(=O)(=O)c2ccc(C)cc2)c1. The van der Waals surface area contributed by atoms with Gasteiger partial charge >= 0.3 is 12.0 Å². The van der Waals surface area contributed by atoms with Crippen LogP contribution in [0, 0.1) is 6.92 Å². The Morgan fingerprint density at radius 2 is 1.77 bits per heavy atom. The van der Waals surface area contributed by atoms with Crippen LogP contribution < -0.4 is 10.0 Å². The summed E-state index contributed by atoms with van der Waals surface area (Å²) in [5.41, 5.74) is 1.44. The Balaban J connectivity index is 2.05. The number of ether oxygens (including phenoxy) is 1. The number of carbonyl (C=O) groups excluding carboxylic acids is 2. The van der Waals surface area contributed by atoms with E-state index in [0.717, 1.165) is 5.56 Å². The number of amides is 2. The average molecular weight is 376 g/mol. The minimum atomic E-state index is -3.99. The van der Waals surface area contributed by atoms with E-state index >= 15 is 0 Å². The van der Waals surface area contributed by atoms with E-state index in [1.54, 1.807) is 24.3 Å². The van der Waals surface area contributed by atoms with Crippen molar-refractivity contribution in [3.05, 3.63) is 59.7 Å². The van der Waals surface area contributed by atoms with Gasteiger partial charge in [-0.05, 0) is 43.7 Å². The fraction of sp³-hybridized carbons (Fsp3) is 0.222. The Morgan fingerprint density at radius 1 is 1.08 bits per heavy atom. The van der Waals surface area contributed by atoms with Gasteiger partial charge in [0.1, 0.15) is 0 Å². The van der Waals surface area contributed by atoms with E-state index in [2.05, 4.69) is 5.32 Å². The first-order valence-corrected chi connectivity index (χ1v) is 9.48. The first-order valence-electron chi connectivity index (χ1n) is 7.99. The summed E-state index contributed by atoms with van der Waals surface area (Å²) in [7, 11) is -3.99. The Morgan fingerprint density at radius 3 is 2.42 bits per heavy atom. The van der Waals surface area contributed by atoms with Gasteiger partial charge in [-0.2, -0.15) is 0 Å². The Hall–Kier alpha value is -2.87. The standard InChI is InChI=1S/C18H20N2O5S/c1-3-11-25-17(21)14-5-4-6-15(12-14)19-18(22)20-26(23,24)16-9-7-13(2)8-10-16/h4-10,12H,3,11H2,1-2H3,(H2,19,20,22). The van der Waals surface area contributed by atoms with Crippen LogP contribution in [0.3, 0.4) is 0 Å². The van der Waals surface area contributed by atoms with Crippen molar-refractivity contribution >= 4 is 27.7 Å². The predicted octanol–water partition coefficient (Wildman–Crippen LogP) is 3.07. The van der Waals surface area contributed by atoms with Crippen molar-refractivity contribution < 1.29 is 22.7 Å². The van der Waals surface area contributed by atoms with Gasteiger partial charge in [0.2, 0.25) is 0 Å². The number of anilines is 1. The molecule has 0 aromatic heterocycles. The monoisotopic (exact) mass is 376 g/mol. The third-order valence-electron chi connectivity index (χ3n) is 3.35. The summed E-state index contributed by atoms with van der Waals surface area (Å²) in [6.45, 7) is 4.00. The Kier molecular flexibility index (Phi) is 6.35. The highest BCUT2D eigenvalue weighted by atomic mass is 32.2. The van der Waals surface area contributed by atoms with Crippen LogP contribution in [0.25, 0.3) is 0 Å². The minimum Gasteiger partial charge on any atom is -0.462 e. The zero-order valence-corrected chi connectivity index (χ0v) is 15.3. The number of aryl methyl sites for hydroxylation is 1. The lowest BCUT2D eigenvalue weighted by Gasteiger charge is -2.10. The first kappa shape index (κ1) is 19.5.